The van der Waals surface area contributed by atoms with Crippen LogP contribution in [0.25, 0.3) is 16.6 Å². The van der Waals surface area contributed by atoms with Crippen molar-refractivity contribution in [1.29, 1.82) is 5.26 Å². The molecule has 1 unspecified atom stereocenters. The molecule has 4 aliphatic heterocycles. The number of ether oxygens (including phenoxy) is 1. The Labute approximate surface area is 434 Å². The van der Waals surface area contributed by atoms with Gasteiger partial charge in [-0.25, -0.2) is 23.1 Å². The molecule has 392 valence electrons. The monoisotopic (exact) mass is 1030 g/mol. The van der Waals surface area contributed by atoms with E-state index in [4.69, 9.17) is 9.72 Å². The number of anilines is 2. The van der Waals surface area contributed by atoms with Crippen molar-refractivity contribution >= 4 is 52.8 Å². The van der Waals surface area contributed by atoms with E-state index in [0.29, 0.717) is 114 Å². The number of halogens is 2. The lowest BCUT2D eigenvalue weighted by Crippen LogP contribution is -2.62. The smallest absolute Gasteiger partial charge is 0.420 e. The van der Waals surface area contributed by atoms with Crippen LogP contribution in [0.3, 0.4) is 0 Å². The fourth-order valence-electron chi connectivity index (χ4n) is 10.5. The number of piperidine rings is 2. The summed E-state index contributed by atoms with van der Waals surface area (Å²) in [5.74, 6) is -2.00. The highest BCUT2D eigenvalue weighted by molar-refractivity contribution is 6.05. The number of unbranched alkanes of at least 4 members (excludes halogenated alkanes) is 3. The summed E-state index contributed by atoms with van der Waals surface area (Å²) in [5.41, 5.74) is 3.88. The number of fused-ring (bicyclic) bond motifs is 2. The summed E-state index contributed by atoms with van der Waals surface area (Å²) in [5, 5.41) is 26.4. The molecule has 18 nitrogen and oxygen atoms in total. The number of benzene rings is 2. The Kier molecular flexibility index (Phi) is 16.5. The van der Waals surface area contributed by atoms with Gasteiger partial charge in [0.2, 0.25) is 17.7 Å². The van der Waals surface area contributed by atoms with Crippen molar-refractivity contribution in [3.63, 3.8) is 0 Å². The fourth-order valence-corrected chi connectivity index (χ4v) is 10.5. The van der Waals surface area contributed by atoms with Gasteiger partial charge in [-0.1, -0.05) is 12.8 Å². The highest BCUT2D eigenvalue weighted by atomic mass is 19.1. The van der Waals surface area contributed by atoms with Crippen molar-refractivity contribution in [1.82, 2.24) is 40.3 Å². The molecule has 0 radical (unpaired) electrons. The molecule has 0 spiro atoms. The number of carbonyl (C=O) groups excluding carboxylic acids is 5. The van der Waals surface area contributed by atoms with Gasteiger partial charge in [0, 0.05) is 100 Å². The van der Waals surface area contributed by atoms with Crippen molar-refractivity contribution in [2.75, 3.05) is 82.3 Å². The van der Waals surface area contributed by atoms with Crippen molar-refractivity contribution in [2.24, 2.45) is 5.92 Å². The van der Waals surface area contributed by atoms with Crippen LogP contribution in [0.1, 0.15) is 96.6 Å². The Morgan fingerprint density at radius 1 is 0.933 bits per heavy atom. The molecule has 9 rings (SSSR count). The first kappa shape index (κ1) is 52.2. The number of imide groups is 1. The number of nitrogens with one attached hydrogen (secondary N) is 4. The van der Waals surface area contributed by atoms with E-state index in [1.54, 1.807) is 27.7 Å². The molecule has 20 heteroatoms. The first-order chi connectivity index (χ1) is 36.4. The third-order valence-corrected chi connectivity index (χ3v) is 14.6. The number of amides is 5. The van der Waals surface area contributed by atoms with Gasteiger partial charge in [0.25, 0.3) is 5.91 Å². The number of piperazine rings is 1. The molecule has 1 atom stereocenters. The highest BCUT2D eigenvalue weighted by Crippen LogP contribution is 2.33. The quantitative estimate of drug-likeness (QED) is 0.0444. The van der Waals surface area contributed by atoms with Crippen molar-refractivity contribution in [2.45, 2.75) is 76.8 Å². The van der Waals surface area contributed by atoms with E-state index in [0.717, 1.165) is 85.2 Å². The topological polar surface area (TPSA) is 209 Å². The largest absolute Gasteiger partial charge is 0.492 e. The Bertz CT molecular complexity index is 3010. The van der Waals surface area contributed by atoms with Gasteiger partial charge in [-0.2, -0.15) is 14.9 Å². The SMILES string of the molecule is CCOc1cc(-c2ccc(N3CCC(CN4CCN(C(=O)CCCCCCNCCNc5ccc6c(c5)C(=O)/[N+](=C/C5CCC(=O)NC5=O)C6)CC4)(NC(=O)c4cc(F)ccc4F)CC3)nc2)c2c(C#N)cnn2c1. The highest BCUT2D eigenvalue weighted by Gasteiger charge is 2.40. The number of pyridine rings is 2. The molecule has 7 heterocycles. The molecule has 0 aliphatic carbocycles. The first-order valence-corrected chi connectivity index (χ1v) is 26.0. The van der Waals surface area contributed by atoms with Gasteiger partial charge in [-0.3, -0.25) is 29.4 Å². The van der Waals surface area contributed by atoms with Gasteiger partial charge in [0.1, 0.15) is 40.8 Å². The van der Waals surface area contributed by atoms with E-state index >= 15 is 0 Å². The summed E-state index contributed by atoms with van der Waals surface area (Å²) in [6.07, 6.45) is 12.6. The normalized spacial score (nSPS) is 18.2. The number of nitriles is 1. The zero-order chi connectivity index (χ0) is 52.5. The summed E-state index contributed by atoms with van der Waals surface area (Å²) in [7, 11) is 0. The van der Waals surface area contributed by atoms with Crippen LogP contribution in [-0.4, -0.2) is 142 Å². The van der Waals surface area contributed by atoms with E-state index < -0.39 is 29.0 Å². The van der Waals surface area contributed by atoms with Gasteiger partial charge in [0.05, 0.1) is 41.2 Å². The van der Waals surface area contributed by atoms with Crippen LogP contribution in [0, 0.1) is 28.9 Å². The summed E-state index contributed by atoms with van der Waals surface area (Å²) in [6.45, 7) is 8.90. The molecule has 4 N–H and O–H groups in total. The van der Waals surface area contributed by atoms with Gasteiger partial charge < -0.3 is 30.5 Å². The van der Waals surface area contributed by atoms with Crippen molar-refractivity contribution < 1.29 is 42.1 Å². The van der Waals surface area contributed by atoms with Gasteiger partial charge >= 0.3 is 5.91 Å². The molecule has 75 heavy (non-hydrogen) atoms. The molecule has 3 fully saturated rings. The maximum Gasteiger partial charge on any atom is 0.420 e. The van der Waals surface area contributed by atoms with Gasteiger partial charge in [-0.05, 0) is 100 Å². The maximum absolute atomic E-state index is 14.9. The molecule has 4 aliphatic rings. The van der Waals surface area contributed by atoms with E-state index in [1.165, 1.54) is 6.20 Å². The lowest BCUT2D eigenvalue weighted by molar-refractivity contribution is -0.434. The van der Waals surface area contributed by atoms with Crippen LogP contribution in [0.15, 0.2) is 73.2 Å². The molecule has 3 saturated heterocycles. The lowest BCUT2D eigenvalue weighted by Gasteiger charge is -2.46. The van der Waals surface area contributed by atoms with Crippen LogP contribution in [0.5, 0.6) is 5.75 Å². The summed E-state index contributed by atoms with van der Waals surface area (Å²) in [4.78, 5) is 74.9. The van der Waals surface area contributed by atoms with Crippen LogP contribution in [-0.2, 0) is 20.9 Å². The zero-order valence-electron chi connectivity index (χ0n) is 42.2. The standard InChI is InChI=1S/C55H62F2N12O6/c1-2-75-43-29-44(51-40(30-58)32-62-69(51)35-43)37-9-14-48(61-31-37)66-21-16-55(17-22-66,64-53(73)46-27-41(56)11-13-47(46)57)36-65-23-25-67(26-24-65)50(71)7-5-3-4-6-18-59-19-20-60-42-12-8-38-33-68(54(74)45(38)28-42)34-39-10-15-49(70)63-52(39)72/h8-9,11-14,27-29,31-32,34-35,39,59-60H,2-7,10,15-26,33,36H2,1H3,(H-,63,64,70,72,73)/p+1/b68-34+. The van der Waals surface area contributed by atoms with Crippen LogP contribution in [0.2, 0.25) is 0 Å². The van der Waals surface area contributed by atoms with Crippen LogP contribution >= 0.6 is 0 Å². The Morgan fingerprint density at radius 3 is 2.51 bits per heavy atom. The Morgan fingerprint density at radius 2 is 1.75 bits per heavy atom. The average Bonchev–Trinajstić information content (AvgIpc) is 3.99. The van der Waals surface area contributed by atoms with Crippen molar-refractivity contribution in [3.8, 4) is 22.9 Å². The maximum atomic E-state index is 14.9. The number of carbonyl (C=O) groups is 5. The molecule has 3 aromatic heterocycles. The third kappa shape index (κ3) is 12.5. The summed E-state index contributed by atoms with van der Waals surface area (Å²) in [6, 6.07) is 16.6. The average molecular weight is 1030 g/mol. The first-order valence-electron chi connectivity index (χ1n) is 26.0. The number of aromatic nitrogens is 3. The second kappa shape index (κ2) is 23.7. The van der Waals surface area contributed by atoms with E-state index in [9.17, 15) is 38.0 Å². The molecule has 5 aromatic rings. The van der Waals surface area contributed by atoms with Gasteiger partial charge in [0.15, 0.2) is 12.8 Å². The van der Waals surface area contributed by atoms with Gasteiger partial charge in [-0.15, -0.1) is 0 Å². The molecule has 0 saturated carbocycles. The minimum Gasteiger partial charge on any atom is -0.492 e. The number of hydrogen-bond donors (Lipinski definition) is 4. The van der Waals surface area contributed by atoms with E-state index in [2.05, 4.69) is 42.2 Å². The molecule has 2 aromatic carbocycles. The second-order valence-corrected chi connectivity index (χ2v) is 19.7. The molecular formula is C55H63F2N12O6+. The van der Waals surface area contributed by atoms with Crippen LogP contribution in [0.4, 0.5) is 20.3 Å². The zero-order valence-corrected chi connectivity index (χ0v) is 42.2. The Balaban J connectivity index is 0.703. The predicted octanol–water partition coefficient (Wildman–Crippen LogP) is 5.30. The minimum absolute atomic E-state index is 0.130. The molecule has 0 bridgehead atoms. The minimum atomic E-state index is -0.798. The summed E-state index contributed by atoms with van der Waals surface area (Å²) < 4.78 is 38.1. The van der Waals surface area contributed by atoms with E-state index in [-0.39, 0.29) is 35.6 Å². The number of nitrogens with zero attached hydrogens (tertiary/aromatic N) is 8. The lowest BCUT2D eigenvalue weighted by atomic mass is 9.86. The molecular weight excluding hydrogens is 963 g/mol. The second-order valence-electron chi connectivity index (χ2n) is 19.7. The number of hydrogen-bond acceptors (Lipinski definition) is 13. The number of rotatable bonds is 20. The summed E-state index contributed by atoms with van der Waals surface area (Å²) >= 11 is 0. The predicted molar refractivity (Wildman–Crippen MR) is 276 cm³/mol. The third-order valence-electron chi connectivity index (χ3n) is 14.6. The van der Waals surface area contributed by atoms with Crippen molar-refractivity contribution in [3.05, 3.63) is 107 Å². The molecule has 5 amide bonds. The fraction of sp³-hybridized carbons (Fsp3) is 0.436. The van der Waals surface area contributed by atoms with Crippen LogP contribution < -0.4 is 30.9 Å². The van der Waals surface area contributed by atoms with E-state index in [1.807, 2.05) is 48.2 Å². The Hall–Kier alpha value is -7.63.